The molecule has 2 heterocycles. The number of carboxylic acid groups (broad SMARTS) is 1. The maximum atomic E-state index is 14.2. The van der Waals surface area contributed by atoms with Gasteiger partial charge in [0.05, 0.1) is 13.2 Å². The van der Waals surface area contributed by atoms with Crippen LogP contribution in [0.5, 0.6) is 5.75 Å². The molecule has 0 amide bonds. The van der Waals surface area contributed by atoms with Crippen LogP contribution in [0.3, 0.4) is 0 Å². The Morgan fingerprint density at radius 3 is 2.62 bits per heavy atom. The molecule has 0 spiro atoms. The van der Waals surface area contributed by atoms with Gasteiger partial charge in [-0.1, -0.05) is 23.7 Å². The highest BCUT2D eigenvalue weighted by Crippen LogP contribution is 2.50. The van der Waals surface area contributed by atoms with E-state index >= 15 is 0 Å². The van der Waals surface area contributed by atoms with Crippen LogP contribution >= 0.6 is 11.6 Å². The van der Waals surface area contributed by atoms with Crippen molar-refractivity contribution in [3.8, 4) is 5.75 Å². The second-order valence-electron chi connectivity index (χ2n) is 7.81. The Hall–Kier alpha value is -2.27. The van der Waals surface area contributed by atoms with E-state index in [4.69, 9.17) is 25.8 Å². The van der Waals surface area contributed by atoms with Gasteiger partial charge in [-0.05, 0) is 48.7 Å². The van der Waals surface area contributed by atoms with E-state index < -0.39 is 48.1 Å². The normalized spacial score (nSPS) is 31.5. The van der Waals surface area contributed by atoms with Crippen LogP contribution in [-0.4, -0.2) is 63.5 Å². The smallest absolute Gasteiger partial charge is 0.341 e. The Morgan fingerprint density at radius 2 is 1.97 bits per heavy atom. The molecular weight excluding hydrogens is 447 g/mol. The van der Waals surface area contributed by atoms with E-state index in [9.17, 15) is 29.6 Å². The van der Waals surface area contributed by atoms with Crippen LogP contribution in [0.25, 0.3) is 0 Å². The van der Waals surface area contributed by atoms with Crippen molar-refractivity contribution in [3.05, 3.63) is 63.9 Å². The minimum Gasteiger partial charge on any atom is -0.491 e. The van der Waals surface area contributed by atoms with E-state index in [1.165, 1.54) is 30.3 Å². The van der Waals surface area contributed by atoms with Crippen molar-refractivity contribution in [2.24, 2.45) is 0 Å². The summed E-state index contributed by atoms with van der Waals surface area (Å²) in [5.41, 5.74) is -0.924. The standard InChI is InChI=1S/C22H22ClFO8/c1-2-30-16-6-3-11(8-15(16)24)7-12-9-13(4-5-14(12)23)22-19(27)17(25)18(26)21(32-22,10-31-22)20(28)29/h3-6,8-9,17-19,25-27H,2,7,10H2,1H3,(H,28,29)/t17-,18-,19+,21-,22-/m0/s1. The molecule has 5 atom stereocenters. The SMILES string of the molecule is CCOc1ccc(Cc2cc([C@]34OC[C@](C(=O)O)(O3)[C@@H](O)[C@H](O)[C@H]4O)ccc2Cl)cc1F. The molecule has 2 aromatic carbocycles. The van der Waals surface area contributed by atoms with E-state index in [2.05, 4.69) is 0 Å². The monoisotopic (exact) mass is 468 g/mol. The van der Waals surface area contributed by atoms with Crippen LogP contribution in [0.15, 0.2) is 36.4 Å². The third-order valence-electron chi connectivity index (χ3n) is 5.85. The zero-order valence-corrected chi connectivity index (χ0v) is 17.8. The van der Waals surface area contributed by atoms with Crippen LogP contribution in [0.1, 0.15) is 23.6 Å². The molecule has 8 nitrogen and oxygen atoms in total. The number of ether oxygens (including phenoxy) is 3. The maximum absolute atomic E-state index is 14.2. The third kappa shape index (κ3) is 3.45. The molecule has 0 unspecified atom stereocenters. The fourth-order valence-corrected chi connectivity index (χ4v) is 4.31. The lowest BCUT2D eigenvalue weighted by molar-refractivity contribution is -0.321. The number of aliphatic carboxylic acids is 1. The molecule has 32 heavy (non-hydrogen) atoms. The van der Waals surface area contributed by atoms with Crippen molar-refractivity contribution in [1.82, 2.24) is 0 Å². The summed E-state index contributed by atoms with van der Waals surface area (Å²) in [7, 11) is 0. The highest BCUT2D eigenvalue weighted by molar-refractivity contribution is 6.31. The number of aliphatic hydroxyl groups excluding tert-OH is 3. The van der Waals surface area contributed by atoms with Crippen LogP contribution in [0.4, 0.5) is 4.39 Å². The minimum absolute atomic E-state index is 0.130. The first kappa shape index (κ1) is 22.9. The summed E-state index contributed by atoms with van der Waals surface area (Å²) in [5.74, 6) is -3.95. The van der Waals surface area contributed by atoms with E-state index in [1.54, 1.807) is 13.0 Å². The minimum atomic E-state index is -2.24. The van der Waals surface area contributed by atoms with Crippen molar-refractivity contribution >= 4 is 17.6 Å². The first-order valence-corrected chi connectivity index (χ1v) is 10.3. The maximum Gasteiger partial charge on any atom is 0.341 e. The number of hydrogen-bond donors (Lipinski definition) is 4. The van der Waals surface area contributed by atoms with Gasteiger partial charge in [0.15, 0.2) is 11.6 Å². The van der Waals surface area contributed by atoms with E-state index in [0.717, 1.165) is 0 Å². The van der Waals surface area contributed by atoms with Gasteiger partial charge in [-0.25, -0.2) is 9.18 Å². The molecule has 0 aliphatic carbocycles. The summed E-state index contributed by atoms with van der Waals surface area (Å²) in [4.78, 5) is 11.8. The van der Waals surface area contributed by atoms with Gasteiger partial charge in [-0.2, -0.15) is 0 Å². The fraction of sp³-hybridized carbons (Fsp3) is 0.409. The molecule has 4 N–H and O–H groups in total. The van der Waals surface area contributed by atoms with Crippen molar-refractivity contribution < 1.29 is 43.8 Å². The Balaban J connectivity index is 1.70. The molecule has 10 heteroatoms. The predicted octanol–water partition coefficient (Wildman–Crippen LogP) is 1.59. The number of carbonyl (C=O) groups is 1. The Bertz CT molecular complexity index is 1050. The van der Waals surface area contributed by atoms with Gasteiger partial charge < -0.3 is 34.6 Å². The molecule has 2 aliphatic heterocycles. The van der Waals surface area contributed by atoms with E-state index in [1.807, 2.05) is 0 Å². The van der Waals surface area contributed by atoms with Crippen molar-refractivity contribution in [1.29, 1.82) is 0 Å². The van der Waals surface area contributed by atoms with Gasteiger partial charge in [0.1, 0.15) is 18.3 Å². The number of carboxylic acids is 1. The summed E-state index contributed by atoms with van der Waals surface area (Å²) in [5, 5.41) is 41.2. The van der Waals surface area contributed by atoms with Gasteiger partial charge in [-0.3, -0.25) is 0 Å². The highest BCUT2D eigenvalue weighted by Gasteiger charge is 2.70. The molecule has 0 aromatic heterocycles. The largest absolute Gasteiger partial charge is 0.491 e. The molecule has 172 valence electrons. The second-order valence-corrected chi connectivity index (χ2v) is 8.22. The van der Waals surface area contributed by atoms with Crippen LogP contribution in [-0.2, 0) is 26.5 Å². The topological polar surface area (TPSA) is 126 Å². The molecule has 2 saturated heterocycles. The van der Waals surface area contributed by atoms with Crippen LogP contribution < -0.4 is 4.74 Å². The zero-order chi connectivity index (χ0) is 23.3. The molecule has 2 aromatic rings. The first-order chi connectivity index (χ1) is 15.1. The fourth-order valence-electron chi connectivity index (χ4n) is 4.13. The predicted molar refractivity (Wildman–Crippen MR) is 109 cm³/mol. The molecule has 2 fully saturated rings. The molecule has 2 aliphatic rings. The van der Waals surface area contributed by atoms with Gasteiger partial charge in [0.2, 0.25) is 11.4 Å². The van der Waals surface area contributed by atoms with Crippen LogP contribution in [0, 0.1) is 5.82 Å². The Labute approximate surface area is 187 Å². The third-order valence-corrected chi connectivity index (χ3v) is 6.22. The summed E-state index contributed by atoms with van der Waals surface area (Å²) in [6.07, 6.45) is -5.30. The number of aliphatic hydroxyl groups is 3. The molecule has 4 rings (SSSR count). The molecule has 0 saturated carbocycles. The number of rotatable bonds is 6. The van der Waals surface area contributed by atoms with Gasteiger partial charge in [0, 0.05) is 10.6 Å². The van der Waals surface area contributed by atoms with Gasteiger partial charge in [-0.15, -0.1) is 0 Å². The lowest BCUT2D eigenvalue weighted by Gasteiger charge is -2.44. The Morgan fingerprint density at radius 1 is 1.22 bits per heavy atom. The van der Waals surface area contributed by atoms with Gasteiger partial charge in [0.25, 0.3) is 0 Å². The molecule has 0 radical (unpaired) electrons. The lowest BCUT2D eigenvalue weighted by atomic mass is 9.83. The number of hydrogen-bond acceptors (Lipinski definition) is 7. The summed E-state index contributed by atoms with van der Waals surface area (Å²) in [6, 6.07) is 9.02. The molecule has 2 bridgehead atoms. The zero-order valence-electron chi connectivity index (χ0n) is 17.0. The van der Waals surface area contributed by atoms with Gasteiger partial charge >= 0.3 is 5.97 Å². The number of benzene rings is 2. The van der Waals surface area contributed by atoms with Crippen LogP contribution in [0.2, 0.25) is 5.02 Å². The second kappa shape index (κ2) is 8.26. The number of halogens is 2. The summed E-state index contributed by atoms with van der Waals surface area (Å²) < 4.78 is 30.6. The van der Waals surface area contributed by atoms with Crippen molar-refractivity contribution in [3.63, 3.8) is 0 Å². The quantitative estimate of drug-likeness (QED) is 0.503. The van der Waals surface area contributed by atoms with Crippen molar-refractivity contribution in [2.75, 3.05) is 13.2 Å². The lowest BCUT2D eigenvalue weighted by Crippen LogP contribution is -2.67. The van der Waals surface area contributed by atoms with E-state index in [0.29, 0.717) is 22.8 Å². The number of fused-ring (bicyclic) bond motifs is 2. The highest BCUT2D eigenvalue weighted by atomic mass is 35.5. The van der Waals surface area contributed by atoms with E-state index in [-0.39, 0.29) is 17.7 Å². The Kier molecular flexibility index (Phi) is 5.91. The summed E-state index contributed by atoms with van der Waals surface area (Å²) >= 11 is 6.32. The first-order valence-electron chi connectivity index (χ1n) is 9.96. The van der Waals surface area contributed by atoms with Crippen molar-refractivity contribution in [2.45, 2.75) is 43.0 Å². The average Bonchev–Trinajstić information content (AvgIpc) is 3.16. The average molecular weight is 469 g/mol. The molecular formula is C22H22ClFO8. The summed E-state index contributed by atoms with van der Waals surface area (Å²) in [6.45, 7) is 1.49.